The van der Waals surface area contributed by atoms with E-state index in [1.165, 1.54) is 0 Å². The van der Waals surface area contributed by atoms with Crippen LogP contribution in [0.4, 0.5) is 0 Å². The van der Waals surface area contributed by atoms with Gasteiger partial charge < -0.3 is 0 Å². The molecule has 4 heteroatoms. The van der Waals surface area contributed by atoms with Crippen LogP contribution in [0.5, 0.6) is 0 Å². The zero-order valence-corrected chi connectivity index (χ0v) is 9.70. The molecular formula is C8H18AsNO2. The summed E-state index contributed by atoms with van der Waals surface area (Å²) in [6.45, 7) is 4.08. The van der Waals surface area contributed by atoms with Gasteiger partial charge in [0.15, 0.2) is 0 Å². The number of hydrogen-bond acceptors (Lipinski definition) is 3. The third-order valence-corrected chi connectivity index (χ3v) is 3.61. The Balaban J connectivity index is 3.58. The molecule has 0 heterocycles. The molecule has 2 atom stereocenters. The van der Waals surface area contributed by atoms with Crippen molar-refractivity contribution in [1.29, 1.82) is 0 Å². The van der Waals surface area contributed by atoms with Crippen LogP contribution in [-0.4, -0.2) is 20.6 Å². The number of rotatable bonds is 6. The van der Waals surface area contributed by atoms with Crippen molar-refractivity contribution in [3.63, 3.8) is 0 Å². The topological polar surface area (TPSA) is 60.2 Å². The SMILES string of the molecule is CCC(CCC[As](=O)=O)C(C)N. The van der Waals surface area contributed by atoms with E-state index in [1.54, 1.807) is 0 Å². The Hall–Kier alpha value is 0.118. The van der Waals surface area contributed by atoms with Gasteiger partial charge in [0, 0.05) is 0 Å². The zero-order chi connectivity index (χ0) is 9.56. The zero-order valence-electron chi connectivity index (χ0n) is 7.82. The first-order chi connectivity index (χ1) is 5.57. The molecule has 0 spiro atoms. The van der Waals surface area contributed by atoms with E-state index in [2.05, 4.69) is 6.92 Å². The fourth-order valence-corrected chi connectivity index (χ4v) is 2.25. The molecule has 0 radical (unpaired) electrons. The summed E-state index contributed by atoms with van der Waals surface area (Å²) >= 11 is -2.87. The van der Waals surface area contributed by atoms with Gasteiger partial charge in [-0.15, -0.1) is 0 Å². The van der Waals surface area contributed by atoms with Crippen molar-refractivity contribution in [3.05, 3.63) is 0 Å². The molecule has 0 aliphatic heterocycles. The summed E-state index contributed by atoms with van der Waals surface area (Å²) in [6.07, 6.45) is 2.78. The van der Waals surface area contributed by atoms with Crippen LogP contribution in [0, 0.1) is 5.92 Å². The van der Waals surface area contributed by atoms with Gasteiger partial charge in [-0.05, 0) is 0 Å². The van der Waals surface area contributed by atoms with E-state index in [-0.39, 0.29) is 6.04 Å². The molecule has 2 N–H and O–H groups in total. The molecule has 0 rings (SSSR count). The van der Waals surface area contributed by atoms with Crippen LogP contribution in [0.3, 0.4) is 0 Å². The maximum atomic E-state index is 10.3. The molecule has 0 aliphatic carbocycles. The van der Waals surface area contributed by atoms with Crippen molar-refractivity contribution in [2.45, 2.75) is 44.4 Å². The van der Waals surface area contributed by atoms with Crippen molar-refractivity contribution >= 4 is 14.5 Å². The fourth-order valence-electron chi connectivity index (χ4n) is 1.32. The summed E-state index contributed by atoms with van der Waals surface area (Å²) in [6, 6.07) is 0.189. The van der Waals surface area contributed by atoms with Gasteiger partial charge in [-0.2, -0.15) is 0 Å². The third-order valence-electron chi connectivity index (χ3n) is 2.18. The van der Waals surface area contributed by atoms with E-state index in [4.69, 9.17) is 5.73 Å². The summed E-state index contributed by atoms with van der Waals surface area (Å²) in [5.74, 6) is 0.485. The van der Waals surface area contributed by atoms with Gasteiger partial charge in [-0.25, -0.2) is 0 Å². The maximum absolute atomic E-state index is 10.3. The Morgan fingerprint density at radius 3 is 2.33 bits per heavy atom. The predicted octanol–water partition coefficient (Wildman–Crippen LogP) is 1.49. The first-order valence-electron chi connectivity index (χ1n) is 4.45. The van der Waals surface area contributed by atoms with E-state index in [0.717, 1.165) is 19.3 Å². The molecule has 0 aliphatic rings. The molecule has 0 aromatic carbocycles. The molecule has 2 unspecified atom stereocenters. The van der Waals surface area contributed by atoms with Gasteiger partial charge in [-0.1, -0.05) is 0 Å². The van der Waals surface area contributed by atoms with E-state index < -0.39 is 14.5 Å². The molecular weight excluding hydrogens is 217 g/mol. The first-order valence-corrected chi connectivity index (χ1v) is 7.31. The molecule has 0 bridgehead atoms. The monoisotopic (exact) mass is 235 g/mol. The van der Waals surface area contributed by atoms with Crippen molar-refractivity contribution < 1.29 is 7.48 Å². The normalized spacial score (nSPS) is 15.6. The molecule has 0 saturated carbocycles. The minimum atomic E-state index is -2.87. The van der Waals surface area contributed by atoms with Crippen LogP contribution < -0.4 is 5.73 Å². The molecule has 0 aromatic rings. The summed E-state index contributed by atoms with van der Waals surface area (Å²) < 4.78 is 20.7. The molecule has 0 amide bonds. The molecule has 0 saturated heterocycles. The summed E-state index contributed by atoms with van der Waals surface area (Å²) in [7, 11) is 0. The Kier molecular flexibility index (Phi) is 6.68. The predicted molar refractivity (Wildman–Crippen MR) is 48.6 cm³/mol. The molecule has 0 fully saturated rings. The number of hydrogen-bond donors (Lipinski definition) is 1. The summed E-state index contributed by atoms with van der Waals surface area (Å²) in [5, 5.41) is 0.385. The van der Waals surface area contributed by atoms with E-state index in [9.17, 15) is 7.48 Å². The van der Waals surface area contributed by atoms with Crippen molar-refractivity contribution in [2.24, 2.45) is 11.7 Å². The van der Waals surface area contributed by atoms with Gasteiger partial charge >= 0.3 is 78.0 Å². The van der Waals surface area contributed by atoms with E-state index in [1.807, 2.05) is 6.92 Å². The van der Waals surface area contributed by atoms with Crippen LogP contribution in [-0.2, 0) is 7.48 Å². The van der Waals surface area contributed by atoms with Gasteiger partial charge in [0.1, 0.15) is 0 Å². The Morgan fingerprint density at radius 1 is 1.42 bits per heavy atom. The van der Waals surface area contributed by atoms with Crippen molar-refractivity contribution in [3.8, 4) is 0 Å². The van der Waals surface area contributed by atoms with Gasteiger partial charge in [0.2, 0.25) is 0 Å². The summed E-state index contributed by atoms with van der Waals surface area (Å²) in [4.78, 5) is 0. The second kappa shape index (κ2) is 6.61. The van der Waals surface area contributed by atoms with Crippen molar-refractivity contribution in [1.82, 2.24) is 0 Å². The van der Waals surface area contributed by atoms with Crippen molar-refractivity contribution in [2.75, 3.05) is 0 Å². The number of nitrogens with two attached hydrogens (primary N) is 1. The molecule has 12 heavy (non-hydrogen) atoms. The Bertz CT molecular complexity index is 170. The van der Waals surface area contributed by atoms with Gasteiger partial charge in [-0.3, -0.25) is 0 Å². The van der Waals surface area contributed by atoms with Crippen LogP contribution in [0.15, 0.2) is 0 Å². The summed E-state index contributed by atoms with van der Waals surface area (Å²) in [5.41, 5.74) is 5.72. The first kappa shape index (κ1) is 12.1. The van der Waals surface area contributed by atoms with Crippen LogP contribution in [0.2, 0.25) is 5.21 Å². The molecule has 3 nitrogen and oxygen atoms in total. The van der Waals surface area contributed by atoms with Gasteiger partial charge in [0.05, 0.1) is 0 Å². The second-order valence-electron chi connectivity index (χ2n) is 3.23. The fraction of sp³-hybridized carbons (Fsp3) is 1.00. The molecule has 72 valence electrons. The van der Waals surface area contributed by atoms with Crippen LogP contribution in [0.1, 0.15) is 33.1 Å². The average molecular weight is 235 g/mol. The standard InChI is InChI=1S/C8H18AsNO2/c1-3-8(7(2)10)5-4-6-9(11)12/h7-8H,3-6,10H2,1-2H3. The van der Waals surface area contributed by atoms with Gasteiger partial charge in [0.25, 0.3) is 0 Å². The Labute approximate surface area is 78.4 Å². The average Bonchev–Trinajstić information content (AvgIpc) is 1.96. The Morgan fingerprint density at radius 2 is 2.00 bits per heavy atom. The van der Waals surface area contributed by atoms with Crippen LogP contribution >= 0.6 is 0 Å². The van der Waals surface area contributed by atoms with Crippen LogP contribution in [0.25, 0.3) is 0 Å². The third kappa shape index (κ3) is 5.73. The second-order valence-corrected chi connectivity index (χ2v) is 5.56. The van der Waals surface area contributed by atoms with E-state index >= 15 is 0 Å². The molecule has 0 aromatic heterocycles. The minimum absolute atomic E-state index is 0.189. The quantitative estimate of drug-likeness (QED) is 0.709. The van der Waals surface area contributed by atoms with E-state index in [0.29, 0.717) is 11.1 Å².